The van der Waals surface area contributed by atoms with Gasteiger partial charge in [0.2, 0.25) is 0 Å². The summed E-state index contributed by atoms with van der Waals surface area (Å²) in [7, 11) is 0. The highest BCUT2D eigenvalue weighted by atomic mass is 16.5. The van der Waals surface area contributed by atoms with Gasteiger partial charge >= 0.3 is 0 Å². The molecule has 1 saturated heterocycles. The molecule has 2 heteroatoms. The van der Waals surface area contributed by atoms with E-state index in [-0.39, 0.29) is 5.72 Å². The van der Waals surface area contributed by atoms with Crippen molar-refractivity contribution in [2.45, 2.75) is 57.8 Å². The lowest BCUT2D eigenvalue weighted by Gasteiger charge is -2.41. The molecule has 0 aromatic carbocycles. The zero-order chi connectivity index (χ0) is 9.31. The van der Waals surface area contributed by atoms with E-state index in [1.165, 1.54) is 19.3 Å². The number of rotatable bonds is 3. The van der Waals surface area contributed by atoms with E-state index in [0.717, 1.165) is 25.3 Å². The molecule has 0 aromatic rings. The third kappa shape index (κ3) is 1.89. The summed E-state index contributed by atoms with van der Waals surface area (Å²) >= 11 is 0. The van der Waals surface area contributed by atoms with E-state index in [0.29, 0.717) is 6.10 Å². The highest BCUT2D eigenvalue weighted by Crippen LogP contribution is 2.39. The van der Waals surface area contributed by atoms with E-state index in [9.17, 15) is 0 Å². The third-order valence-electron chi connectivity index (χ3n) is 3.54. The van der Waals surface area contributed by atoms with Crippen LogP contribution in [0.25, 0.3) is 0 Å². The summed E-state index contributed by atoms with van der Waals surface area (Å²) in [5.74, 6) is 0.888. The molecule has 1 aliphatic heterocycles. The Balaban J connectivity index is 1.96. The Morgan fingerprint density at radius 1 is 1.23 bits per heavy atom. The highest BCUT2D eigenvalue weighted by molar-refractivity contribution is 4.89. The second-order valence-corrected chi connectivity index (χ2v) is 4.41. The largest absolute Gasteiger partial charge is 0.357 e. The second-order valence-electron chi connectivity index (χ2n) is 4.41. The zero-order valence-electron chi connectivity index (χ0n) is 8.81. The number of hydrogen-bond donors (Lipinski definition) is 1. The van der Waals surface area contributed by atoms with E-state index >= 15 is 0 Å². The first-order valence-corrected chi connectivity index (χ1v) is 5.72. The van der Waals surface area contributed by atoms with Crippen molar-refractivity contribution in [3.8, 4) is 0 Å². The minimum Gasteiger partial charge on any atom is -0.357 e. The van der Waals surface area contributed by atoms with E-state index in [2.05, 4.69) is 19.2 Å². The van der Waals surface area contributed by atoms with Crippen LogP contribution in [0.3, 0.4) is 0 Å². The van der Waals surface area contributed by atoms with Gasteiger partial charge in [-0.15, -0.1) is 0 Å². The molecule has 13 heavy (non-hydrogen) atoms. The number of hydrogen-bond acceptors (Lipinski definition) is 2. The molecule has 1 unspecified atom stereocenters. The van der Waals surface area contributed by atoms with Crippen molar-refractivity contribution < 1.29 is 4.74 Å². The standard InChI is InChI=1S/C11H21NO/c1-3-11(4-2)12-8-7-10(13-11)9-5-6-9/h9-10,12H,3-8H2,1-2H3. The predicted octanol–water partition coefficient (Wildman–Crippen LogP) is 2.29. The Bertz CT molecular complexity index is 173. The Morgan fingerprint density at radius 2 is 1.92 bits per heavy atom. The van der Waals surface area contributed by atoms with Gasteiger partial charge in [-0.3, -0.25) is 5.32 Å². The highest BCUT2D eigenvalue weighted by Gasteiger charge is 2.40. The Hall–Kier alpha value is -0.0800. The maximum absolute atomic E-state index is 6.19. The molecule has 1 heterocycles. The first-order valence-electron chi connectivity index (χ1n) is 5.72. The van der Waals surface area contributed by atoms with Crippen molar-refractivity contribution in [3.05, 3.63) is 0 Å². The summed E-state index contributed by atoms with van der Waals surface area (Å²) in [5, 5.41) is 3.52. The van der Waals surface area contributed by atoms with Crippen LogP contribution >= 0.6 is 0 Å². The maximum Gasteiger partial charge on any atom is 0.119 e. The van der Waals surface area contributed by atoms with Gasteiger partial charge < -0.3 is 4.74 Å². The molecule has 2 rings (SSSR count). The van der Waals surface area contributed by atoms with Crippen molar-refractivity contribution in [1.82, 2.24) is 5.32 Å². The monoisotopic (exact) mass is 183 g/mol. The lowest BCUT2D eigenvalue weighted by molar-refractivity contribution is -0.153. The van der Waals surface area contributed by atoms with Gasteiger partial charge in [-0.05, 0) is 38.0 Å². The minimum absolute atomic E-state index is 0.00546. The summed E-state index contributed by atoms with van der Waals surface area (Å²) in [6.45, 7) is 5.57. The van der Waals surface area contributed by atoms with Gasteiger partial charge in [0.25, 0.3) is 0 Å². The van der Waals surface area contributed by atoms with Crippen molar-refractivity contribution in [2.24, 2.45) is 5.92 Å². The van der Waals surface area contributed by atoms with Crippen LogP contribution in [0.5, 0.6) is 0 Å². The molecule has 76 valence electrons. The number of ether oxygens (including phenoxy) is 1. The van der Waals surface area contributed by atoms with Crippen molar-refractivity contribution >= 4 is 0 Å². The summed E-state index contributed by atoms with van der Waals surface area (Å²) in [6, 6.07) is 0. The second kappa shape index (κ2) is 3.58. The van der Waals surface area contributed by atoms with Crippen LogP contribution < -0.4 is 5.32 Å². The molecule has 1 aliphatic carbocycles. The molecule has 2 nitrogen and oxygen atoms in total. The quantitative estimate of drug-likeness (QED) is 0.725. The molecule has 0 spiro atoms. The molecule has 1 N–H and O–H groups in total. The van der Waals surface area contributed by atoms with Crippen LogP contribution in [0.4, 0.5) is 0 Å². The van der Waals surface area contributed by atoms with Gasteiger partial charge in [0, 0.05) is 6.54 Å². The zero-order valence-corrected chi connectivity index (χ0v) is 8.81. The van der Waals surface area contributed by atoms with E-state index in [1.807, 2.05) is 0 Å². The van der Waals surface area contributed by atoms with Crippen LogP contribution in [0, 0.1) is 5.92 Å². The smallest absolute Gasteiger partial charge is 0.119 e. The molecule has 1 atom stereocenters. The Kier molecular flexibility index (Phi) is 2.61. The van der Waals surface area contributed by atoms with E-state index < -0.39 is 0 Å². The molecular formula is C11H21NO. The fraction of sp³-hybridized carbons (Fsp3) is 1.00. The Labute approximate surface area is 81.0 Å². The molecule has 0 radical (unpaired) electrons. The van der Waals surface area contributed by atoms with Gasteiger partial charge in [0.1, 0.15) is 5.72 Å². The SMILES string of the molecule is CCC1(CC)NCCC(C2CC2)O1. The fourth-order valence-electron chi connectivity index (χ4n) is 2.30. The van der Waals surface area contributed by atoms with Crippen LogP contribution in [0.1, 0.15) is 46.0 Å². The molecule has 1 saturated carbocycles. The van der Waals surface area contributed by atoms with Gasteiger partial charge in [-0.1, -0.05) is 13.8 Å². The topological polar surface area (TPSA) is 21.3 Å². The van der Waals surface area contributed by atoms with E-state index in [1.54, 1.807) is 0 Å². The first-order chi connectivity index (χ1) is 6.29. The average molecular weight is 183 g/mol. The molecular weight excluding hydrogens is 162 g/mol. The third-order valence-corrected chi connectivity index (χ3v) is 3.54. The minimum atomic E-state index is 0.00546. The summed E-state index contributed by atoms with van der Waals surface area (Å²) in [4.78, 5) is 0. The summed E-state index contributed by atoms with van der Waals surface area (Å²) in [6.07, 6.45) is 6.75. The van der Waals surface area contributed by atoms with Gasteiger partial charge in [-0.25, -0.2) is 0 Å². The fourth-order valence-corrected chi connectivity index (χ4v) is 2.30. The normalized spacial score (nSPS) is 33.2. The van der Waals surface area contributed by atoms with Crippen molar-refractivity contribution in [1.29, 1.82) is 0 Å². The average Bonchev–Trinajstić information content (AvgIpc) is 3.01. The van der Waals surface area contributed by atoms with Crippen LogP contribution in [-0.2, 0) is 4.74 Å². The lowest BCUT2D eigenvalue weighted by atomic mass is 10.0. The lowest BCUT2D eigenvalue weighted by Crippen LogP contribution is -2.54. The van der Waals surface area contributed by atoms with Gasteiger partial charge in [-0.2, -0.15) is 0 Å². The summed E-state index contributed by atoms with van der Waals surface area (Å²) in [5.41, 5.74) is 0.00546. The molecule has 2 aliphatic rings. The number of nitrogens with one attached hydrogen (secondary N) is 1. The summed E-state index contributed by atoms with van der Waals surface area (Å²) < 4.78 is 6.19. The van der Waals surface area contributed by atoms with Crippen molar-refractivity contribution in [2.75, 3.05) is 6.54 Å². The molecule has 0 amide bonds. The van der Waals surface area contributed by atoms with Crippen LogP contribution in [0.15, 0.2) is 0 Å². The maximum atomic E-state index is 6.19. The molecule has 0 aromatic heterocycles. The van der Waals surface area contributed by atoms with Gasteiger partial charge in [0.15, 0.2) is 0 Å². The molecule has 2 fully saturated rings. The Morgan fingerprint density at radius 3 is 2.46 bits per heavy atom. The molecule has 0 bridgehead atoms. The predicted molar refractivity (Wildman–Crippen MR) is 53.5 cm³/mol. The van der Waals surface area contributed by atoms with E-state index in [4.69, 9.17) is 4.74 Å². The first kappa shape index (κ1) is 9.47. The van der Waals surface area contributed by atoms with Gasteiger partial charge in [0.05, 0.1) is 6.10 Å². The van der Waals surface area contributed by atoms with Crippen LogP contribution in [0.2, 0.25) is 0 Å². The van der Waals surface area contributed by atoms with Crippen LogP contribution in [-0.4, -0.2) is 18.4 Å². The van der Waals surface area contributed by atoms with Crippen molar-refractivity contribution in [3.63, 3.8) is 0 Å².